The molecular weight excluding hydrogens is 383 g/mol. The fourth-order valence-corrected chi connectivity index (χ4v) is 3.25. The lowest BCUT2D eigenvalue weighted by Crippen LogP contribution is -2.42. The molecule has 136 valence electrons. The predicted molar refractivity (Wildman–Crippen MR) is 104 cm³/mol. The van der Waals surface area contributed by atoms with E-state index < -0.39 is 0 Å². The summed E-state index contributed by atoms with van der Waals surface area (Å²) in [6.45, 7) is 1.84. The van der Waals surface area contributed by atoms with E-state index in [0.29, 0.717) is 16.1 Å². The van der Waals surface area contributed by atoms with Gasteiger partial charge in [-0.25, -0.2) is 0 Å². The topological polar surface area (TPSA) is 83.1 Å². The van der Waals surface area contributed by atoms with Gasteiger partial charge in [0.15, 0.2) is 0 Å². The van der Waals surface area contributed by atoms with Gasteiger partial charge in [-0.3, -0.25) is 14.6 Å². The summed E-state index contributed by atoms with van der Waals surface area (Å²) in [6.07, 6.45) is 4.98. The third-order valence-corrected chi connectivity index (χ3v) is 4.65. The lowest BCUT2D eigenvalue weighted by molar-refractivity contribution is 0.0934. The third-order valence-electron chi connectivity index (χ3n) is 3.74. The molecule has 3 N–H and O–H groups in total. The van der Waals surface area contributed by atoms with Gasteiger partial charge in [0.2, 0.25) is 0 Å². The summed E-state index contributed by atoms with van der Waals surface area (Å²) in [5.74, 6) is -0.376. The Kier molecular flexibility index (Phi) is 8.85. The second kappa shape index (κ2) is 10.4. The van der Waals surface area contributed by atoms with Gasteiger partial charge in [-0.05, 0) is 49.5 Å². The average molecular weight is 403 g/mol. The van der Waals surface area contributed by atoms with Crippen LogP contribution >= 0.6 is 36.2 Å². The zero-order chi connectivity index (χ0) is 16.1. The van der Waals surface area contributed by atoms with Crippen molar-refractivity contribution < 1.29 is 9.59 Å². The van der Waals surface area contributed by atoms with Crippen LogP contribution in [0.2, 0.25) is 0 Å². The van der Waals surface area contributed by atoms with Gasteiger partial charge >= 0.3 is 0 Å². The van der Waals surface area contributed by atoms with E-state index in [1.807, 2.05) is 0 Å². The number of anilines is 1. The summed E-state index contributed by atoms with van der Waals surface area (Å²) in [7, 11) is 0. The number of hydrogen-bond donors (Lipinski definition) is 3. The van der Waals surface area contributed by atoms with Crippen molar-refractivity contribution in [1.29, 1.82) is 0 Å². The Hall–Kier alpha value is -1.67. The van der Waals surface area contributed by atoms with Gasteiger partial charge in [-0.2, -0.15) is 0 Å². The number of aromatic nitrogens is 1. The molecule has 6 nitrogen and oxygen atoms in total. The van der Waals surface area contributed by atoms with Gasteiger partial charge in [0.1, 0.15) is 4.88 Å². The highest BCUT2D eigenvalue weighted by atomic mass is 35.5. The molecular formula is C16H20Cl2N4O2S. The Bertz CT molecular complexity index is 690. The van der Waals surface area contributed by atoms with Crippen molar-refractivity contribution in [2.75, 3.05) is 18.4 Å². The smallest absolute Gasteiger partial charge is 0.263 e. The number of thiophene rings is 1. The molecule has 0 spiro atoms. The van der Waals surface area contributed by atoms with Gasteiger partial charge in [0, 0.05) is 24.0 Å². The van der Waals surface area contributed by atoms with Crippen LogP contribution in [0.4, 0.5) is 5.69 Å². The predicted octanol–water partition coefficient (Wildman–Crippen LogP) is 2.72. The highest BCUT2D eigenvalue weighted by Gasteiger charge is 2.20. The van der Waals surface area contributed by atoms with Crippen LogP contribution in [0.1, 0.15) is 32.9 Å². The molecule has 2 aromatic heterocycles. The molecule has 1 aliphatic heterocycles. The van der Waals surface area contributed by atoms with Crippen molar-refractivity contribution in [1.82, 2.24) is 15.6 Å². The average Bonchev–Trinajstić information content (AvgIpc) is 3.05. The number of rotatable bonds is 4. The van der Waals surface area contributed by atoms with Crippen LogP contribution in [0.5, 0.6) is 0 Å². The van der Waals surface area contributed by atoms with Crippen LogP contribution in [0.3, 0.4) is 0 Å². The third kappa shape index (κ3) is 5.67. The fraction of sp³-hybridized carbons (Fsp3) is 0.312. The molecule has 1 fully saturated rings. The van der Waals surface area contributed by atoms with Crippen LogP contribution in [0.25, 0.3) is 0 Å². The molecule has 0 aliphatic carbocycles. The Morgan fingerprint density at radius 1 is 1.08 bits per heavy atom. The molecule has 0 unspecified atom stereocenters. The Morgan fingerprint density at radius 2 is 1.76 bits per heavy atom. The number of carbonyl (C=O) groups excluding carboxylic acids is 2. The van der Waals surface area contributed by atoms with E-state index in [9.17, 15) is 9.59 Å². The zero-order valence-corrected chi connectivity index (χ0v) is 15.8. The molecule has 0 aromatic carbocycles. The maximum atomic E-state index is 12.4. The molecule has 2 aromatic rings. The van der Waals surface area contributed by atoms with Crippen LogP contribution < -0.4 is 16.0 Å². The molecule has 3 heterocycles. The number of nitrogens with zero attached hydrogens (tertiary/aromatic N) is 1. The first-order chi connectivity index (χ1) is 11.2. The Morgan fingerprint density at radius 3 is 2.44 bits per heavy atom. The van der Waals surface area contributed by atoms with Gasteiger partial charge in [-0.15, -0.1) is 36.2 Å². The van der Waals surface area contributed by atoms with E-state index in [1.165, 1.54) is 11.3 Å². The first-order valence-electron chi connectivity index (χ1n) is 7.54. The number of pyridine rings is 1. The molecule has 1 aliphatic rings. The number of amides is 2. The summed E-state index contributed by atoms with van der Waals surface area (Å²) in [6, 6.07) is 5.21. The SMILES string of the molecule is Cl.Cl.O=C(Nc1ccsc1C(=O)NC1CCNCC1)c1ccncc1. The van der Waals surface area contributed by atoms with Crippen molar-refractivity contribution in [3.8, 4) is 0 Å². The molecule has 3 rings (SSSR count). The van der Waals surface area contributed by atoms with Crippen molar-refractivity contribution in [2.45, 2.75) is 18.9 Å². The standard InChI is InChI=1S/C16H18N4O2S.2ClH/c21-15(11-1-6-17-7-2-11)20-13-5-10-23-14(13)16(22)19-12-3-8-18-9-4-12;;/h1-2,5-7,10,12,18H,3-4,8-9H2,(H,19,22)(H,20,21);2*1H. The van der Waals surface area contributed by atoms with Crippen molar-refractivity contribution in [3.05, 3.63) is 46.4 Å². The fourth-order valence-electron chi connectivity index (χ4n) is 2.50. The summed E-state index contributed by atoms with van der Waals surface area (Å²) in [4.78, 5) is 29.1. The van der Waals surface area contributed by atoms with E-state index in [-0.39, 0.29) is 42.7 Å². The second-order valence-electron chi connectivity index (χ2n) is 5.35. The van der Waals surface area contributed by atoms with E-state index in [1.54, 1.807) is 36.0 Å². The highest BCUT2D eigenvalue weighted by molar-refractivity contribution is 7.12. The lowest BCUT2D eigenvalue weighted by atomic mass is 10.1. The first-order valence-corrected chi connectivity index (χ1v) is 8.42. The zero-order valence-electron chi connectivity index (χ0n) is 13.4. The van der Waals surface area contributed by atoms with Crippen LogP contribution in [-0.2, 0) is 0 Å². The number of halogens is 2. The van der Waals surface area contributed by atoms with Crippen LogP contribution in [0.15, 0.2) is 36.0 Å². The molecule has 2 amide bonds. The minimum Gasteiger partial charge on any atom is -0.348 e. The van der Waals surface area contributed by atoms with Crippen molar-refractivity contribution >= 4 is 53.7 Å². The highest BCUT2D eigenvalue weighted by Crippen LogP contribution is 2.23. The van der Waals surface area contributed by atoms with Crippen molar-refractivity contribution in [2.24, 2.45) is 0 Å². The van der Waals surface area contributed by atoms with E-state index in [2.05, 4.69) is 20.9 Å². The first kappa shape index (κ1) is 21.4. The Labute approximate surface area is 162 Å². The minimum atomic E-state index is -0.248. The lowest BCUT2D eigenvalue weighted by Gasteiger charge is -2.23. The summed E-state index contributed by atoms with van der Waals surface area (Å²) >= 11 is 1.33. The molecule has 0 atom stereocenters. The van der Waals surface area contributed by atoms with Crippen LogP contribution in [-0.4, -0.2) is 35.9 Å². The number of piperidine rings is 1. The molecule has 9 heteroatoms. The van der Waals surface area contributed by atoms with Gasteiger partial charge in [0.05, 0.1) is 5.69 Å². The summed E-state index contributed by atoms with van der Waals surface area (Å²) < 4.78 is 0. The number of hydrogen-bond acceptors (Lipinski definition) is 5. The molecule has 0 radical (unpaired) electrons. The number of nitrogens with one attached hydrogen (secondary N) is 3. The largest absolute Gasteiger partial charge is 0.348 e. The maximum absolute atomic E-state index is 12.4. The Balaban J connectivity index is 0.00000156. The van der Waals surface area contributed by atoms with E-state index >= 15 is 0 Å². The van der Waals surface area contributed by atoms with Gasteiger partial charge < -0.3 is 16.0 Å². The normalized spacial score (nSPS) is 13.9. The second-order valence-corrected chi connectivity index (χ2v) is 6.27. The molecule has 0 bridgehead atoms. The van der Waals surface area contributed by atoms with Gasteiger partial charge in [-0.1, -0.05) is 0 Å². The number of carbonyl (C=O) groups is 2. The monoisotopic (exact) mass is 402 g/mol. The van der Waals surface area contributed by atoms with E-state index in [0.717, 1.165) is 25.9 Å². The molecule has 1 saturated heterocycles. The quantitative estimate of drug-likeness (QED) is 0.733. The minimum absolute atomic E-state index is 0. The molecule has 25 heavy (non-hydrogen) atoms. The summed E-state index contributed by atoms with van der Waals surface area (Å²) in [5, 5.41) is 10.9. The summed E-state index contributed by atoms with van der Waals surface area (Å²) in [5.41, 5.74) is 1.05. The van der Waals surface area contributed by atoms with Crippen LogP contribution in [0, 0.1) is 0 Å². The van der Waals surface area contributed by atoms with Gasteiger partial charge in [0.25, 0.3) is 11.8 Å². The molecule has 0 saturated carbocycles. The van der Waals surface area contributed by atoms with Crippen molar-refractivity contribution in [3.63, 3.8) is 0 Å². The van der Waals surface area contributed by atoms with E-state index in [4.69, 9.17) is 0 Å². The maximum Gasteiger partial charge on any atom is 0.263 e.